The maximum absolute atomic E-state index is 5.89. The third-order valence-electron chi connectivity index (χ3n) is 2.82. The molecule has 5 heteroatoms. The summed E-state index contributed by atoms with van der Waals surface area (Å²) in [6.45, 7) is 6.37. The van der Waals surface area contributed by atoms with Crippen molar-refractivity contribution in [2.75, 3.05) is 24.5 Å². The Bertz CT molecular complexity index is 361. The lowest BCUT2D eigenvalue weighted by atomic mass is 10.1. The number of aryl methyl sites for hydroxylation is 1. The molecule has 2 N–H and O–H groups in total. The number of morpholine rings is 1. The Balaban J connectivity index is 2.19. The molecule has 1 atom stereocenters. The van der Waals surface area contributed by atoms with Crippen molar-refractivity contribution in [3.8, 4) is 0 Å². The number of nitrogens with two attached hydrogens (primary N) is 1. The monoisotopic (exact) mass is 224 g/mol. The lowest BCUT2D eigenvalue weighted by Gasteiger charge is -2.42. The molecule has 0 aliphatic carbocycles. The summed E-state index contributed by atoms with van der Waals surface area (Å²) in [7, 11) is 2.00. The average molecular weight is 224 g/mol. The van der Waals surface area contributed by atoms with E-state index in [1.165, 1.54) is 0 Å². The Labute approximate surface area is 96.2 Å². The van der Waals surface area contributed by atoms with Gasteiger partial charge in [0.05, 0.1) is 11.7 Å². The number of aromatic nitrogens is 2. The Kier molecular flexibility index (Phi) is 2.90. The van der Waals surface area contributed by atoms with Gasteiger partial charge in [0.15, 0.2) is 0 Å². The van der Waals surface area contributed by atoms with Crippen molar-refractivity contribution in [2.24, 2.45) is 12.8 Å². The molecule has 2 heterocycles. The van der Waals surface area contributed by atoms with Crippen LogP contribution in [-0.2, 0) is 11.8 Å². The van der Waals surface area contributed by atoms with Crippen LogP contribution in [-0.4, -0.2) is 40.9 Å². The topological polar surface area (TPSA) is 56.3 Å². The van der Waals surface area contributed by atoms with Gasteiger partial charge in [-0.2, -0.15) is 0 Å². The van der Waals surface area contributed by atoms with Gasteiger partial charge in [0.1, 0.15) is 0 Å². The average Bonchev–Trinajstić information content (AvgIpc) is 2.62. The predicted octanol–water partition coefficient (Wildman–Crippen LogP) is 0.363. The van der Waals surface area contributed by atoms with Crippen molar-refractivity contribution >= 4 is 5.95 Å². The van der Waals surface area contributed by atoms with E-state index in [1.807, 2.05) is 24.0 Å². The highest BCUT2D eigenvalue weighted by atomic mass is 16.5. The molecule has 1 aliphatic rings. The minimum Gasteiger partial charge on any atom is -0.367 e. The fraction of sp³-hybridized carbons (Fsp3) is 0.727. The van der Waals surface area contributed by atoms with Gasteiger partial charge in [-0.3, -0.25) is 0 Å². The summed E-state index contributed by atoms with van der Waals surface area (Å²) in [5.74, 6) is 0.981. The molecule has 5 nitrogen and oxygen atoms in total. The van der Waals surface area contributed by atoms with Crippen LogP contribution in [0.3, 0.4) is 0 Å². The molecule has 1 aromatic rings. The number of nitrogens with zero attached hydrogens (tertiary/aromatic N) is 3. The molecule has 0 amide bonds. The fourth-order valence-electron chi connectivity index (χ4n) is 2.23. The van der Waals surface area contributed by atoms with Crippen LogP contribution >= 0.6 is 0 Å². The van der Waals surface area contributed by atoms with Crippen LogP contribution in [0.2, 0.25) is 0 Å². The molecule has 1 fully saturated rings. The van der Waals surface area contributed by atoms with Gasteiger partial charge in [-0.15, -0.1) is 0 Å². The number of hydrogen-bond donors (Lipinski definition) is 1. The van der Waals surface area contributed by atoms with E-state index in [-0.39, 0.29) is 11.7 Å². The second-order valence-electron chi connectivity index (χ2n) is 4.95. The van der Waals surface area contributed by atoms with Crippen molar-refractivity contribution in [3.05, 3.63) is 12.4 Å². The smallest absolute Gasteiger partial charge is 0.205 e. The Morgan fingerprint density at radius 1 is 1.62 bits per heavy atom. The summed E-state index contributed by atoms with van der Waals surface area (Å²) in [5, 5.41) is 0. The fourth-order valence-corrected chi connectivity index (χ4v) is 2.23. The van der Waals surface area contributed by atoms with Crippen LogP contribution in [0.1, 0.15) is 13.8 Å². The highest BCUT2D eigenvalue weighted by Crippen LogP contribution is 2.24. The summed E-state index contributed by atoms with van der Waals surface area (Å²) < 4.78 is 7.91. The molecule has 0 bridgehead atoms. The maximum atomic E-state index is 5.89. The van der Waals surface area contributed by atoms with Crippen LogP contribution in [0, 0.1) is 0 Å². The molecule has 0 saturated carbocycles. The molecule has 0 spiro atoms. The van der Waals surface area contributed by atoms with E-state index in [4.69, 9.17) is 10.5 Å². The standard InChI is InChI=1S/C11H20N4O/c1-11(2)8-15(7-9(6-12)16-11)10-13-4-5-14(10)3/h4-5,9H,6-8,12H2,1-3H3. The number of imidazole rings is 1. The lowest BCUT2D eigenvalue weighted by Crippen LogP contribution is -2.55. The largest absolute Gasteiger partial charge is 0.367 e. The van der Waals surface area contributed by atoms with Gasteiger partial charge in [0, 0.05) is 39.1 Å². The first-order valence-corrected chi connectivity index (χ1v) is 5.62. The molecule has 2 rings (SSSR count). The first kappa shape index (κ1) is 11.4. The van der Waals surface area contributed by atoms with Crippen molar-refractivity contribution in [1.29, 1.82) is 0 Å². The number of rotatable bonds is 2. The van der Waals surface area contributed by atoms with Crippen molar-refractivity contribution in [3.63, 3.8) is 0 Å². The zero-order valence-electron chi connectivity index (χ0n) is 10.2. The van der Waals surface area contributed by atoms with Gasteiger partial charge in [-0.05, 0) is 13.8 Å². The molecule has 1 saturated heterocycles. The van der Waals surface area contributed by atoms with Gasteiger partial charge in [0.2, 0.25) is 5.95 Å². The second-order valence-corrected chi connectivity index (χ2v) is 4.95. The minimum absolute atomic E-state index is 0.0837. The Hall–Kier alpha value is -1.07. The van der Waals surface area contributed by atoms with E-state index in [1.54, 1.807) is 0 Å². The summed E-state index contributed by atoms with van der Waals surface area (Å²) in [5.41, 5.74) is 5.53. The third kappa shape index (κ3) is 2.20. The molecule has 1 aromatic heterocycles. The predicted molar refractivity (Wildman–Crippen MR) is 63.4 cm³/mol. The molecule has 0 radical (unpaired) electrons. The summed E-state index contributed by atoms with van der Waals surface area (Å²) in [4.78, 5) is 6.60. The highest BCUT2D eigenvalue weighted by Gasteiger charge is 2.34. The van der Waals surface area contributed by atoms with Crippen LogP contribution in [0.5, 0.6) is 0 Å². The van der Waals surface area contributed by atoms with Gasteiger partial charge < -0.3 is 19.9 Å². The van der Waals surface area contributed by atoms with Crippen LogP contribution in [0.4, 0.5) is 5.95 Å². The first-order valence-electron chi connectivity index (χ1n) is 5.62. The van der Waals surface area contributed by atoms with Crippen LogP contribution in [0.15, 0.2) is 12.4 Å². The molecule has 1 unspecified atom stereocenters. The highest BCUT2D eigenvalue weighted by molar-refractivity contribution is 5.33. The molecule has 0 aromatic carbocycles. The third-order valence-corrected chi connectivity index (χ3v) is 2.82. The minimum atomic E-state index is -0.172. The number of ether oxygens (including phenoxy) is 1. The van der Waals surface area contributed by atoms with E-state index in [0.717, 1.165) is 19.0 Å². The zero-order chi connectivity index (χ0) is 11.8. The normalized spacial score (nSPS) is 24.8. The molecular formula is C11H20N4O. The van der Waals surface area contributed by atoms with E-state index in [9.17, 15) is 0 Å². The number of anilines is 1. The summed E-state index contributed by atoms with van der Waals surface area (Å²) in [6.07, 6.45) is 3.85. The van der Waals surface area contributed by atoms with E-state index >= 15 is 0 Å². The maximum Gasteiger partial charge on any atom is 0.205 e. The van der Waals surface area contributed by atoms with E-state index in [0.29, 0.717) is 6.54 Å². The van der Waals surface area contributed by atoms with Gasteiger partial charge in [0.25, 0.3) is 0 Å². The lowest BCUT2D eigenvalue weighted by molar-refractivity contribution is -0.0793. The number of hydrogen-bond acceptors (Lipinski definition) is 4. The molecular weight excluding hydrogens is 204 g/mol. The van der Waals surface area contributed by atoms with Crippen LogP contribution in [0.25, 0.3) is 0 Å². The van der Waals surface area contributed by atoms with Gasteiger partial charge in [-0.25, -0.2) is 4.98 Å². The Morgan fingerprint density at radius 3 is 2.94 bits per heavy atom. The van der Waals surface area contributed by atoms with Gasteiger partial charge >= 0.3 is 0 Å². The Morgan fingerprint density at radius 2 is 2.38 bits per heavy atom. The van der Waals surface area contributed by atoms with Crippen molar-refractivity contribution in [2.45, 2.75) is 25.6 Å². The second kappa shape index (κ2) is 4.07. The molecule has 16 heavy (non-hydrogen) atoms. The van der Waals surface area contributed by atoms with E-state index < -0.39 is 0 Å². The van der Waals surface area contributed by atoms with Gasteiger partial charge in [-0.1, -0.05) is 0 Å². The van der Waals surface area contributed by atoms with Crippen molar-refractivity contribution < 1.29 is 4.74 Å². The summed E-state index contributed by atoms with van der Waals surface area (Å²) >= 11 is 0. The first-order chi connectivity index (χ1) is 7.52. The van der Waals surface area contributed by atoms with Crippen LogP contribution < -0.4 is 10.6 Å². The van der Waals surface area contributed by atoms with E-state index in [2.05, 4.69) is 23.7 Å². The zero-order valence-corrected chi connectivity index (χ0v) is 10.2. The quantitative estimate of drug-likeness (QED) is 0.788. The van der Waals surface area contributed by atoms with Crippen molar-refractivity contribution in [1.82, 2.24) is 9.55 Å². The summed E-state index contributed by atoms with van der Waals surface area (Å²) in [6, 6.07) is 0. The molecule has 90 valence electrons. The SMILES string of the molecule is Cn1ccnc1N1CC(CN)OC(C)(C)C1. The molecule has 1 aliphatic heterocycles.